The molecular formula is C20H35N5S. The van der Waals surface area contributed by atoms with E-state index in [1.807, 2.05) is 0 Å². The van der Waals surface area contributed by atoms with Crippen molar-refractivity contribution in [1.82, 2.24) is 20.1 Å². The van der Waals surface area contributed by atoms with E-state index in [-0.39, 0.29) is 5.41 Å². The molecule has 0 aliphatic carbocycles. The van der Waals surface area contributed by atoms with Gasteiger partial charge in [-0.15, -0.1) is 11.3 Å². The molecule has 5 nitrogen and oxygen atoms in total. The number of nitrogens with zero attached hydrogens (tertiary/aromatic N) is 4. The molecule has 0 aromatic carbocycles. The predicted molar refractivity (Wildman–Crippen MR) is 111 cm³/mol. The van der Waals surface area contributed by atoms with Crippen LogP contribution in [0.3, 0.4) is 0 Å². The van der Waals surface area contributed by atoms with Crippen LogP contribution in [0.25, 0.3) is 0 Å². The normalized spacial score (nSPS) is 22.4. The highest BCUT2D eigenvalue weighted by molar-refractivity contribution is 7.09. The van der Waals surface area contributed by atoms with E-state index >= 15 is 0 Å². The quantitative estimate of drug-likeness (QED) is 0.631. The standard InChI is InChI=1S/C20H35N5S/c1-5-21-19(22-12-18-23-17(15-26-18)20(2,3)4)25-11-8-16(14-25)13-24-9-6-7-10-24/h15-16H,5-14H2,1-4H3,(H,21,22). The molecule has 26 heavy (non-hydrogen) atoms. The molecule has 0 bridgehead atoms. The van der Waals surface area contributed by atoms with E-state index < -0.39 is 0 Å². The van der Waals surface area contributed by atoms with Gasteiger partial charge in [-0.1, -0.05) is 20.8 Å². The van der Waals surface area contributed by atoms with Gasteiger partial charge in [0.25, 0.3) is 0 Å². The molecule has 1 aromatic heterocycles. The number of guanidine groups is 1. The van der Waals surface area contributed by atoms with Gasteiger partial charge in [-0.05, 0) is 45.2 Å². The zero-order chi connectivity index (χ0) is 18.6. The maximum absolute atomic E-state index is 4.89. The van der Waals surface area contributed by atoms with Crippen molar-refractivity contribution < 1.29 is 0 Å². The molecule has 1 atom stereocenters. The van der Waals surface area contributed by atoms with Crippen LogP contribution in [-0.2, 0) is 12.0 Å². The predicted octanol–water partition coefficient (Wildman–Crippen LogP) is 3.32. The van der Waals surface area contributed by atoms with Crippen molar-refractivity contribution in [2.75, 3.05) is 39.3 Å². The third kappa shape index (κ3) is 5.19. The highest BCUT2D eigenvalue weighted by Gasteiger charge is 2.27. The maximum atomic E-state index is 4.89. The number of thiazole rings is 1. The molecule has 0 spiro atoms. The molecule has 3 rings (SSSR count). The smallest absolute Gasteiger partial charge is 0.194 e. The summed E-state index contributed by atoms with van der Waals surface area (Å²) >= 11 is 1.73. The zero-order valence-electron chi connectivity index (χ0n) is 16.9. The van der Waals surface area contributed by atoms with E-state index in [4.69, 9.17) is 9.98 Å². The number of aromatic nitrogens is 1. The number of hydrogen-bond acceptors (Lipinski definition) is 4. The summed E-state index contributed by atoms with van der Waals surface area (Å²) in [4.78, 5) is 14.8. The van der Waals surface area contributed by atoms with Gasteiger partial charge in [0.15, 0.2) is 5.96 Å². The number of aliphatic imine (C=N–C) groups is 1. The van der Waals surface area contributed by atoms with Crippen LogP contribution in [-0.4, -0.2) is 60.0 Å². The van der Waals surface area contributed by atoms with Crippen molar-refractivity contribution in [3.8, 4) is 0 Å². The lowest BCUT2D eigenvalue weighted by Crippen LogP contribution is -2.40. The van der Waals surface area contributed by atoms with Gasteiger partial charge in [-0.3, -0.25) is 0 Å². The fourth-order valence-electron chi connectivity index (χ4n) is 3.80. The van der Waals surface area contributed by atoms with Crippen LogP contribution in [0.4, 0.5) is 0 Å². The monoisotopic (exact) mass is 377 g/mol. The summed E-state index contributed by atoms with van der Waals surface area (Å²) in [5.74, 6) is 1.84. The van der Waals surface area contributed by atoms with Gasteiger partial charge < -0.3 is 15.1 Å². The summed E-state index contributed by atoms with van der Waals surface area (Å²) < 4.78 is 0. The van der Waals surface area contributed by atoms with E-state index in [2.05, 4.69) is 48.2 Å². The average Bonchev–Trinajstić information content (AvgIpc) is 3.33. The van der Waals surface area contributed by atoms with E-state index in [0.717, 1.165) is 36.5 Å². The number of nitrogens with one attached hydrogen (secondary N) is 1. The van der Waals surface area contributed by atoms with Crippen LogP contribution in [0.2, 0.25) is 0 Å². The Morgan fingerprint density at radius 1 is 1.31 bits per heavy atom. The zero-order valence-corrected chi connectivity index (χ0v) is 17.7. The Morgan fingerprint density at radius 3 is 2.73 bits per heavy atom. The molecule has 0 amide bonds. The lowest BCUT2D eigenvalue weighted by molar-refractivity contribution is 0.281. The summed E-state index contributed by atoms with van der Waals surface area (Å²) in [7, 11) is 0. The highest BCUT2D eigenvalue weighted by atomic mass is 32.1. The molecule has 2 fully saturated rings. The Morgan fingerprint density at radius 2 is 2.08 bits per heavy atom. The van der Waals surface area contributed by atoms with Gasteiger partial charge >= 0.3 is 0 Å². The first-order chi connectivity index (χ1) is 12.5. The molecule has 3 heterocycles. The number of rotatable bonds is 5. The van der Waals surface area contributed by atoms with Gasteiger partial charge in [-0.25, -0.2) is 9.98 Å². The Balaban J connectivity index is 1.57. The molecule has 2 aliphatic rings. The summed E-state index contributed by atoms with van der Waals surface area (Å²) in [5, 5.41) is 6.77. The molecule has 1 aromatic rings. The van der Waals surface area contributed by atoms with Crippen molar-refractivity contribution in [1.29, 1.82) is 0 Å². The molecule has 6 heteroatoms. The summed E-state index contributed by atoms with van der Waals surface area (Å²) in [6, 6.07) is 0. The molecule has 1 N–H and O–H groups in total. The van der Waals surface area contributed by atoms with Crippen molar-refractivity contribution in [3.05, 3.63) is 16.1 Å². The van der Waals surface area contributed by atoms with Crippen LogP contribution in [0.1, 0.15) is 57.7 Å². The van der Waals surface area contributed by atoms with Gasteiger partial charge in [-0.2, -0.15) is 0 Å². The van der Waals surface area contributed by atoms with Gasteiger partial charge in [0.2, 0.25) is 0 Å². The van der Waals surface area contributed by atoms with Gasteiger partial charge in [0.1, 0.15) is 5.01 Å². The first-order valence-corrected chi connectivity index (χ1v) is 11.0. The van der Waals surface area contributed by atoms with Gasteiger partial charge in [0.05, 0.1) is 12.2 Å². The first kappa shape index (κ1) is 19.6. The van der Waals surface area contributed by atoms with Crippen LogP contribution >= 0.6 is 11.3 Å². The molecular weight excluding hydrogens is 342 g/mol. The SMILES string of the molecule is CCNC(=NCc1nc(C(C)(C)C)cs1)N1CCC(CN2CCCC2)C1. The fraction of sp³-hybridized carbons (Fsp3) is 0.800. The molecule has 1 unspecified atom stereocenters. The lowest BCUT2D eigenvalue weighted by Gasteiger charge is -2.23. The van der Waals surface area contributed by atoms with Crippen molar-refractivity contribution >= 4 is 17.3 Å². The molecule has 0 saturated carbocycles. The third-order valence-electron chi connectivity index (χ3n) is 5.32. The molecule has 0 radical (unpaired) electrons. The number of likely N-dealkylation sites (tertiary alicyclic amines) is 2. The van der Waals surface area contributed by atoms with Crippen LogP contribution in [0, 0.1) is 5.92 Å². The first-order valence-electron chi connectivity index (χ1n) is 10.2. The van der Waals surface area contributed by atoms with Crippen LogP contribution in [0.5, 0.6) is 0 Å². The molecule has 2 saturated heterocycles. The van der Waals surface area contributed by atoms with Crippen molar-refractivity contribution in [2.24, 2.45) is 10.9 Å². The van der Waals surface area contributed by atoms with Crippen molar-refractivity contribution in [2.45, 2.75) is 58.9 Å². The summed E-state index contributed by atoms with van der Waals surface area (Å²) in [6.45, 7) is 16.5. The summed E-state index contributed by atoms with van der Waals surface area (Å²) in [6.07, 6.45) is 4.04. The Kier molecular flexibility index (Phi) is 6.56. The second-order valence-electron chi connectivity index (χ2n) is 8.66. The topological polar surface area (TPSA) is 43.8 Å². The fourth-order valence-corrected chi connectivity index (χ4v) is 4.74. The molecule has 146 valence electrons. The summed E-state index contributed by atoms with van der Waals surface area (Å²) in [5.41, 5.74) is 1.28. The van der Waals surface area contributed by atoms with E-state index in [1.54, 1.807) is 11.3 Å². The van der Waals surface area contributed by atoms with Crippen LogP contribution in [0.15, 0.2) is 10.4 Å². The lowest BCUT2D eigenvalue weighted by atomic mass is 9.93. The van der Waals surface area contributed by atoms with Gasteiger partial charge in [0, 0.05) is 37.0 Å². The minimum Gasteiger partial charge on any atom is -0.357 e. The van der Waals surface area contributed by atoms with Crippen LogP contribution < -0.4 is 5.32 Å². The highest BCUT2D eigenvalue weighted by Crippen LogP contribution is 2.24. The minimum absolute atomic E-state index is 0.112. The Hall–Kier alpha value is -1.14. The maximum Gasteiger partial charge on any atom is 0.194 e. The van der Waals surface area contributed by atoms with E-state index in [0.29, 0.717) is 6.54 Å². The Labute approximate surface area is 162 Å². The molecule has 2 aliphatic heterocycles. The third-order valence-corrected chi connectivity index (χ3v) is 6.15. The largest absolute Gasteiger partial charge is 0.357 e. The number of hydrogen-bond donors (Lipinski definition) is 1. The second-order valence-corrected chi connectivity index (χ2v) is 9.60. The van der Waals surface area contributed by atoms with E-state index in [1.165, 1.54) is 44.6 Å². The average molecular weight is 378 g/mol. The van der Waals surface area contributed by atoms with E-state index in [9.17, 15) is 0 Å². The minimum atomic E-state index is 0.112. The van der Waals surface area contributed by atoms with Crippen molar-refractivity contribution in [3.63, 3.8) is 0 Å². The second kappa shape index (κ2) is 8.70. The Bertz CT molecular complexity index is 598.